The number of hydrogen-bond acceptors (Lipinski definition) is 10. The van der Waals surface area contributed by atoms with Crippen LogP contribution in [0.15, 0.2) is 131 Å². The van der Waals surface area contributed by atoms with Gasteiger partial charge in [0.05, 0.1) is 15.2 Å². The molecular formula is C43H45ClN6O6S2. The number of carbonyl (C=O) groups excluding carboxylic acids is 2. The molecule has 1 aliphatic rings. The fraction of sp³-hybridized carbons (Fsp3) is 0.256. The summed E-state index contributed by atoms with van der Waals surface area (Å²) >= 11 is 7.85. The maximum Gasteiger partial charge on any atom is 0.293 e. The van der Waals surface area contributed by atoms with Crippen LogP contribution in [0.1, 0.15) is 42.6 Å². The van der Waals surface area contributed by atoms with Crippen molar-refractivity contribution in [2.24, 2.45) is 0 Å². The van der Waals surface area contributed by atoms with Crippen LogP contribution in [0.25, 0.3) is 11.1 Å². The molecule has 1 aliphatic heterocycles. The SMILES string of the molecule is CC(C)NC(=O)CCC(Nc1ccc(S(=O)(=O)NC(=O)c2ccc(N3CCNCC3Cc3cc(Cl)ccc3-c3ccccc3)cc2)cc1[N+](=O)[O-])Sc1ccccc1. The Bertz CT molecular complexity index is 2330. The van der Waals surface area contributed by atoms with Crippen LogP contribution in [-0.4, -0.2) is 62.2 Å². The van der Waals surface area contributed by atoms with Gasteiger partial charge in [-0.1, -0.05) is 66.2 Å². The summed E-state index contributed by atoms with van der Waals surface area (Å²) in [5, 5.41) is 21.9. The highest BCUT2D eigenvalue weighted by Crippen LogP contribution is 2.34. The summed E-state index contributed by atoms with van der Waals surface area (Å²) in [6, 6.07) is 35.6. The Morgan fingerprint density at radius 2 is 1.66 bits per heavy atom. The van der Waals surface area contributed by atoms with E-state index in [-0.39, 0.29) is 35.7 Å². The van der Waals surface area contributed by atoms with Crippen LogP contribution in [0.5, 0.6) is 0 Å². The third kappa shape index (κ3) is 11.2. The molecule has 58 heavy (non-hydrogen) atoms. The summed E-state index contributed by atoms with van der Waals surface area (Å²) in [5.74, 6) is -1.03. The predicted molar refractivity (Wildman–Crippen MR) is 231 cm³/mol. The quantitative estimate of drug-likeness (QED) is 0.0333. The highest BCUT2D eigenvalue weighted by molar-refractivity contribution is 8.00. The van der Waals surface area contributed by atoms with Crippen LogP contribution in [-0.2, 0) is 21.2 Å². The molecule has 4 N–H and O–H groups in total. The number of thioether (sulfide) groups is 1. The maximum atomic E-state index is 13.5. The van der Waals surface area contributed by atoms with Crippen molar-refractivity contribution in [2.75, 3.05) is 29.9 Å². The van der Waals surface area contributed by atoms with Crippen molar-refractivity contribution in [1.29, 1.82) is 0 Å². The first-order chi connectivity index (χ1) is 27.9. The zero-order chi connectivity index (χ0) is 41.2. The highest BCUT2D eigenvalue weighted by Gasteiger charge is 2.27. The van der Waals surface area contributed by atoms with E-state index in [9.17, 15) is 28.1 Å². The minimum Gasteiger partial charge on any atom is -0.367 e. The van der Waals surface area contributed by atoms with Crippen LogP contribution >= 0.6 is 23.4 Å². The van der Waals surface area contributed by atoms with Gasteiger partial charge in [-0.15, -0.1) is 11.8 Å². The largest absolute Gasteiger partial charge is 0.367 e. The number of nitro groups is 1. The van der Waals surface area contributed by atoms with Crippen molar-refractivity contribution < 1.29 is 22.9 Å². The van der Waals surface area contributed by atoms with Gasteiger partial charge in [0.2, 0.25) is 5.91 Å². The van der Waals surface area contributed by atoms with Gasteiger partial charge >= 0.3 is 0 Å². The molecule has 2 atom stereocenters. The van der Waals surface area contributed by atoms with E-state index in [0.29, 0.717) is 24.4 Å². The van der Waals surface area contributed by atoms with Gasteiger partial charge in [-0.25, -0.2) is 13.1 Å². The molecule has 1 heterocycles. The molecule has 6 rings (SSSR count). The Morgan fingerprint density at radius 1 is 0.948 bits per heavy atom. The number of nitrogens with one attached hydrogen (secondary N) is 4. The first-order valence-corrected chi connectivity index (χ1v) is 21.6. The molecule has 5 aromatic rings. The van der Waals surface area contributed by atoms with Crippen LogP contribution in [0.4, 0.5) is 17.1 Å². The number of rotatable bonds is 16. The fourth-order valence-electron chi connectivity index (χ4n) is 6.82. The number of carbonyl (C=O) groups is 2. The average Bonchev–Trinajstić information content (AvgIpc) is 3.20. The second-order valence-corrected chi connectivity index (χ2v) is 17.6. The minimum absolute atomic E-state index is 0.0400. The second kappa shape index (κ2) is 19.4. The summed E-state index contributed by atoms with van der Waals surface area (Å²) in [6.07, 6.45) is 1.20. The molecule has 12 nitrogen and oxygen atoms in total. The zero-order valence-corrected chi connectivity index (χ0v) is 34.4. The minimum atomic E-state index is -4.51. The van der Waals surface area contributed by atoms with E-state index < -0.39 is 36.8 Å². The summed E-state index contributed by atoms with van der Waals surface area (Å²) in [4.78, 5) is 40.0. The molecule has 1 fully saturated rings. The third-order valence-corrected chi connectivity index (χ3v) is 12.3. The summed E-state index contributed by atoms with van der Waals surface area (Å²) < 4.78 is 29.0. The summed E-state index contributed by atoms with van der Waals surface area (Å²) in [6.45, 7) is 5.93. The number of halogens is 1. The maximum absolute atomic E-state index is 13.5. The molecule has 0 aromatic heterocycles. The molecule has 0 radical (unpaired) electrons. The number of amides is 2. The number of piperazine rings is 1. The number of anilines is 2. The van der Waals surface area contributed by atoms with Gasteiger partial charge in [0.1, 0.15) is 5.69 Å². The molecule has 0 saturated carbocycles. The molecule has 0 spiro atoms. The topological polar surface area (TPSA) is 163 Å². The Balaban J connectivity index is 1.15. The van der Waals surface area contributed by atoms with E-state index in [1.54, 1.807) is 24.3 Å². The van der Waals surface area contributed by atoms with Gasteiger partial charge in [0, 0.05) is 65.4 Å². The molecule has 0 aliphatic carbocycles. The molecule has 5 aromatic carbocycles. The van der Waals surface area contributed by atoms with Crippen LogP contribution in [0.2, 0.25) is 5.02 Å². The first kappa shape index (κ1) is 42.2. The second-order valence-electron chi connectivity index (χ2n) is 14.2. The van der Waals surface area contributed by atoms with Gasteiger partial charge in [-0.05, 0) is 104 Å². The highest BCUT2D eigenvalue weighted by atomic mass is 35.5. The van der Waals surface area contributed by atoms with Gasteiger partial charge in [-0.3, -0.25) is 19.7 Å². The Hall–Kier alpha value is -5.41. The monoisotopic (exact) mass is 840 g/mol. The summed E-state index contributed by atoms with van der Waals surface area (Å²) in [5.41, 5.74) is 3.87. The van der Waals surface area contributed by atoms with E-state index in [1.807, 2.05) is 80.6 Å². The van der Waals surface area contributed by atoms with Crippen molar-refractivity contribution in [3.63, 3.8) is 0 Å². The smallest absolute Gasteiger partial charge is 0.293 e. The molecule has 15 heteroatoms. The molecule has 0 bridgehead atoms. The standard InChI is InChI=1S/C43H45ClN6O6S2/c1-29(2)46-41(51)21-22-42(57-36-11-7-4-8-12-36)47-39-20-18-37(27-40(39)50(53)54)58(55,56)48-43(52)31-13-16-34(17-14-31)49-24-23-45-28-35(49)26-32-25-33(44)15-19-38(32)30-9-5-3-6-10-30/h3-20,25,27,29,35,42,45,47H,21-24,26,28H2,1-2H3,(H,46,51)(H,48,52). The fourth-order valence-corrected chi connectivity index (χ4v) is 9.07. The van der Waals surface area contributed by atoms with Crippen LogP contribution in [0, 0.1) is 10.1 Å². The van der Waals surface area contributed by atoms with Crippen molar-refractivity contribution >= 4 is 62.3 Å². The normalized spacial score (nSPS) is 14.8. The zero-order valence-electron chi connectivity index (χ0n) is 32.1. The number of hydrogen-bond donors (Lipinski definition) is 4. The number of benzene rings is 5. The lowest BCUT2D eigenvalue weighted by Gasteiger charge is -2.38. The van der Waals surface area contributed by atoms with Gasteiger partial charge in [0.15, 0.2) is 0 Å². The number of nitrogens with zero attached hydrogens (tertiary/aromatic N) is 2. The van der Waals surface area contributed by atoms with Crippen LogP contribution in [0.3, 0.4) is 0 Å². The van der Waals surface area contributed by atoms with E-state index in [2.05, 4.69) is 37.7 Å². The van der Waals surface area contributed by atoms with E-state index >= 15 is 0 Å². The molecule has 2 amide bonds. The lowest BCUT2D eigenvalue weighted by atomic mass is 9.93. The van der Waals surface area contributed by atoms with Gasteiger partial charge < -0.3 is 20.9 Å². The molecule has 302 valence electrons. The van der Waals surface area contributed by atoms with Gasteiger partial charge in [0.25, 0.3) is 21.6 Å². The van der Waals surface area contributed by atoms with E-state index in [1.165, 1.54) is 23.9 Å². The van der Waals surface area contributed by atoms with Crippen molar-refractivity contribution in [2.45, 2.75) is 60.4 Å². The number of nitro benzene ring substituents is 1. The van der Waals surface area contributed by atoms with Crippen molar-refractivity contribution in [3.05, 3.63) is 148 Å². The van der Waals surface area contributed by atoms with Crippen LogP contribution < -0.4 is 25.6 Å². The van der Waals surface area contributed by atoms with E-state index in [0.717, 1.165) is 46.4 Å². The lowest BCUT2D eigenvalue weighted by Crippen LogP contribution is -2.52. The Morgan fingerprint density at radius 3 is 2.34 bits per heavy atom. The van der Waals surface area contributed by atoms with Crippen molar-refractivity contribution in [3.8, 4) is 11.1 Å². The van der Waals surface area contributed by atoms with E-state index in [4.69, 9.17) is 11.6 Å². The Labute approximate surface area is 348 Å². The van der Waals surface area contributed by atoms with Gasteiger partial charge in [-0.2, -0.15) is 0 Å². The molecular weight excluding hydrogens is 796 g/mol. The summed E-state index contributed by atoms with van der Waals surface area (Å²) in [7, 11) is -4.51. The molecule has 2 unspecified atom stereocenters. The van der Waals surface area contributed by atoms with Crippen molar-refractivity contribution in [1.82, 2.24) is 15.4 Å². The Kier molecular flexibility index (Phi) is 14.1. The lowest BCUT2D eigenvalue weighted by molar-refractivity contribution is -0.384. The molecule has 1 saturated heterocycles. The third-order valence-electron chi connectivity index (χ3n) is 9.54. The predicted octanol–water partition coefficient (Wildman–Crippen LogP) is 7.89. The number of sulfonamides is 1. The average molecular weight is 841 g/mol. The first-order valence-electron chi connectivity index (χ1n) is 18.9.